The van der Waals surface area contributed by atoms with Gasteiger partial charge in [-0.2, -0.15) is 8.42 Å². The number of rotatable bonds is 9. The first-order valence-electron chi connectivity index (χ1n) is 10.6. The lowest BCUT2D eigenvalue weighted by molar-refractivity contribution is -0.130. The highest BCUT2D eigenvalue weighted by Crippen LogP contribution is 2.40. The number of ether oxygens (including phenoxy) is 2. The van der Waals surface area contributed by atoms with Gasteiger partial charge in [-0.1, -0.05) is 12.1 Å². The molecule has 0 N–H and O–H groups in total. The molecule has 0 radical (unpaired) electrons. The second-order valence-electron chi connectivity index (χ2n) is 8.30. The van der Waals surface area contributed by atoms with Crippen LogP contribution in [0.1, 0.15) is 50.0 Å². The fourth-order valence-electron chi connectivity index (χ4n) is 4.17. The molecule has 4 rings (SSSR count). The third-order valence-corrected chi connectivity index (χ3v) is 6.52. The number of hydrogen-bond acceptors (Lipinski definition) is 6. The molecule has 30 heavy (non-hydrogen) atoms. The van der Waals surface area contributed by atoms with Crippen LogP contribution in [0.25, 0.3) is 0 Å². The maximum atomic E-state index is 12.8. The number of nitrogens with zero attached hydrogens (tertiary/aromatic N) is 1. The molecule has 7 nitrogen and oxygen atoms in total. The fraction of sp³-hybridized carbons (Fsp3) is 0.591. The van der Waals surface area contributed by atoms with E-state index < -0.39 is 10.1 Å². The predicted octanol–water partition coefficient (Wildman–Crippen LogP) is 2.97. The highest BCUT2D eigenvalue weighted by Gasteiger charge is 2.34. The van der Waals surface area contributed by atoms with Crippen LogP contribution in [0, 0.1) is 0 Å². The lowest BCUT2D eigenvalue weighted by Crippen LogP contribution is -2.41. The molecule has 1 aromatic carbocycles. The molecule has 164 valence electrons. The van der Waals surface area contributed by atoms with Crippen molar-refractivity contribution < 1.29 is 26.9 Å². The Hall–Kier alpha value is -1.90. The summed E-state index contributed by atoms with van der Waals surface area (Å²) in [7, 11) is -3.43. The lowest BCUT2D eigenvalue weighted by atomic mass is 9.92. The van der Waals surface area contributed by atoms with Gasteiger partial charge in [-0.05, 0) is 68.2 Å². The number of carbonyl (C=O) groups is 1. The van der Waals surface area contributed by atoms with E-state index in [9.17, 15) is 13.2 Å². The summed E-state index contributed by atoms with van der Waals surface area (Å²) in [4.78, 5) is 14.7. The summed E-state index contributed by atoms with van der Waals surface area (Å²) in [5, 5.41) is 0. The minimum atomic E-state index is -3.43. The van der Waals surface area contributed by atoms with Gasteiger partial charge in [0.25, 0.3) is 16.0 Å². The van der Waals surface area contributed by atoms with Crippen molar-refractivity contribution in [3.63, 3.8) is 0 Å². The van der Waals surface area contributed by atoms with Gasteiger partial charge in [0.1, 0.15) is 5.75 Å². The molecule has 1 aliphatic heterocycles. The summed E-state index contributed by atoms with van der Waals surface area (Å²) in [5.74, 6) is 1.76. The molecule has 2 saturated carbocycles. The summed E-state index contributed by atoms with van der Waals surface area (Å²) in [5.41, 5.74) is 1.34. The normalized spacial score (nSPS) is 24.8. The number of hydrogen-bond donors (Lipinski definition) is 0. The summed E-state index contributed by atoms with van der Waals surface area (Å²) in [6.45, 7) is 0.868. The molecule has 0 aromatic heterocycles. The van der Waals surface area contributed by atoms with Crippen LogP contribution in [0.2, 0.25) is 0 Å². The number of amides is 1. The third kappa shape index (κ3) is 5.62. The number of benzene rings is 1. The van der Waals surface area contributed by atoms with Crippen molar-refractivity contribution in [2.45, 2.75) is 56.6 Å². The van der Waals surface area contributed by atoms with E-state index in [2.05, 4.69) is 12.1 Å². The van der Waals surface area contributed by atoms with E-state index in [1.165, 1.54) is 18.4 Å². The Kier molecular flexibility index (Phi) is 6.46. The maximum absolute atomic E-state index is 12.8. The molecule has 1 amide bonds. The molecule has 1 heterocycles. The fourth-order valence-corrected chi connectivity index (χ4v) is 4.54. The predicted molar refractivity (Wildman–Crippen MR) is 112 cm³/mol. The van der Waals surface area contributed by atoms with Crippen molar-refractivity contribution in [1.29, 1.82) is 0 Å². The van der Waals surface area contributed by atoms with Crippen molar-refractivity contribution in [1.82, 2.24) is 4.90 Å². The van der Waals surface area contributed by atoms with Crippen LogP contribution >= 0.6 is 0 Å². The zero-order valence-corrected chi connectivity index (χ0v) is 18.1. The Morgan fingerprint density at radius 2 is 1.70 bits per heavy atom. The van der Waals surface area contributed by atoms with Gasteiger partial charge >= 0.3 is 0 Å². The zero-order valence-electron chi connectivity index (χ0n) is 17.3. The van der Waals surface area contributed by atoms with Crippen molar-refractivity contribution in [3.8, 4) is 5.75 Å². The van der Waals surface area contributed by atoms with Crippen LogP contribution in [-0.2, 0) is 23.8 Å². The van der Waals surface area contributed by atoms with Crippen LogP contribution in [0.5, 0.6) is 5.75 Å². The largest absolute Gasteiger partial charge is 0.452 e. The summed E-state index contributed by atoms with van der Waals surface area (Å²) < 4.78 is 38.2. The van der Waals surface area contributed by atoms with Gasteiger partial charge in [0.2, 0.25) is 0 Å². The lowest BCUT2D eigenvalue weighted by Gasteiger charge is -2.34. The second kappa shape index (κ2) is 9.08. The first kappa shape index (κ1) is 21.3. The smallest absolute Gasteiger partial charge is 0.289 e. The molecule has 0 atom stereocenters. The van der Waals surface area contributed by atoms with Crippen LogP contribution in [0.3, 0.4) is 0 Å². The Morgan fingerprint density at radius 1 is 1.00 bits per heavy atom. The van der Waals surface area contributed by atoms with Crippen molar-refractivity contribution in [2.75, 3.05) is 26.0 Å². The molecular formula is C22H29NO6S. The molecule has 1 aromatic rings. The van der Waals surface area contributed by atoms with E-state index in [4.69, 9.17) is 13.7 Å². The van der Waals surface area contributed by atoms with Crippen molar-refractivity contribution in [3.05, 3.63) is 41.7 Å². The molecule has 0 spiro atoms. The Labute approximate surface area is 178 Å². The molecule has 2 fully saturated rings. The van der Waals surface area contributed by atoms with Crippen LogP contribution < -0.4 is 4.74 Å². The van der Waals surface area contributed by atoms with Gasteiger partial charge in [0.05, 0.1) is 25.6 Å². The maximum Gasteiger partial charge on any atom is 0.289 e. The van der Waals surface area contributed by atoms with E-state index in [0.717, 1.165) is 31.9 Å². The Morgan fingerprint density at radius 3 is 2.33 bits per heavy atom. The molecule has 3 aliphatic rings. The average Bonchev–Trinajstić information content (AvgIpc) is 3.51. The van der Waals surface area contributed by atoms with Crippen LogP contribution in [-0.4, -0.2) is 57.4 Å². The van der Waals surface area contributed by atoms with Gasteiger partial charge in [0.15, 0.2) is 5.76 Å². The van der Waals surface area contributed by atoms with Crippen LogP contribution in [0.4, 0.5) is 0 Å². The second-order valence-corrected chi connectivity index (χ2v) is 9.94. The molecule has 2 aliphatic carbocycles. The molecule has 0 bridgehead atoms. The van der Waals surface area contributed by atoms with Crippen molar-refractivity contribution >= 4 is 16.0 Å². The quantitative estimate of drug-likeness (QED) is 0.438. The minimum Gasteiger partial charge on any atom is -0.452 e. The van der Waals surface area contributed by atoms with E-state index in [1.54, 1.807) is 0 Å². The molecule has 0 unspecified atom stereocenters. The van der Waals surface area contributed by atoms with E-state index in [0.29, 0.717) is 24.0 Å². The monoisotopic (exact) mass is 435 g/mol. The van der Waals surface area contributed by atoms with Gasteiger partial charge < -0.3 is 14.4 Å². The number of carbonyl (C=O) groups excluding carboxylic acids is 1. The summed E-state index contributed by atoms with van der Waals surface area (Å²) in [6, 6.07) is 8.25. The zero-order chi connectivity index (χ0) is 21.1. The Balaban J connectivity index is 1.20. The highest BCUT2D eigenvalue weighted by molar-refractivity contribution is 7.85. The standard InChI is InChI=1S/C22H29NO6S/c1-30(25,26)28-15-14-27-19-10-6-18(7-11-19)23-13-12-21(22(23)24)29-20-8-4-17(5-9-20)16-2-3-16/h4-5,8-9,12,16,18-19H,2-3,6-7,10-11,13-15H2,1H3. The third-order valence-electron chi connectivity index (χ3n) is 5.92. The Bertz CT molecular complexity index is 883. The van der Waals surface area contributed by atoms with Crippen LogP contribution in [0.15, 0.2) is 36.1 Å². The average molecular weight is 436 g/mol. The minimum absolute atomic E-state index is 0.0373. The van der Waals surface area contributed by atoms with E-state index in [-0.39, 0.29) is 31.3 Å². The van der Waals surface area contributed by atoms with E-state index >= 15 is 0 Å². The molecule has 8 heteroatoms. The molecule has 0 saturated heterocycles. The summed E-state index contributed by atoms with van der Waals surface area (Å²) >= 11 is 0. The van der Waals surface area contributed by atoms with Gasteiger partial charge in [-0.25, -0.2) is 0 Å². The highest BCUT2D eigenvalue weighted by atomic mass is 32.2. The van der Waals surface area contributed by atoms with Gasteiger partial charge in [-0.15, -0.1) is 0 Å². The molecular weight excluding hydrogens is 406 g/mol. The first-order valence-corrected chi connectivity index (χ1v) is 12.5. The van der Waals surface area contributed by atoms with Crippen molar-refractivity contribution in [2.24, 2.45) is 0 Å². The topological polar surface area (TPSA) is 82.1 Å². The van der Waals surface area contributed by atoms with Gasteiger partial charge in [0, 0.05) is 12.6 Å². The van der Waals surface area contributed by atoms with Gasteiger partial charge in [-0.3, -0.25) is 8.98 Å². The van der Waals surface area contributed by atoms with E-state index in [1.807, 2.05) is 23.1 Å². The SMILES string of the molecule is CS(=O)(=O)OCCOC1CCC(N2CC=C(Oc3ccc(C4CC4)cc3)C2=O)CC1. The first-order chi connectivity index (χ1) is 14.4. The summed E-state index contributed by atoms with van der Waals surface area (Å²) in [6.07, 6.45) is 8.90.